The number of amidine groups is 1. The van der Waals surface area contributed by atoms with Crippen molar-refractivity contribution in [3.8, 4) is 0 Å². The van der Waals surface area contributed by atoms with Gasteiger partial charge in [-0.2, -0.15) is 0 Å². The lowest BCUT2D eigenvalue weighted by atomic mass is 10.3. The maximum absolute atomic E-state index is 5.71. The summed E-state index contributed by atoms with van der Waals surface area (Å²) >= 11 is 0. The maximum atomic E-state index is 5.71. The summed E-state index contributed by atoms with van der Waals surface area (Å²) in [5.74, 6) is 0.792. The van der Waals surface area contributed by atoms with Gasteiger partial charge in [-0.15, -0.1) is 0 Å². The monoisotopic (exact) mass is 199 g/mol. The fraction of sp³-hybridized carbons (Fsp3) is 0.900. The zero-order valence-electron chi connectivity index (χ0n) is 9.04. The topological polar surface area (TPSA) is 50.8 Å². The zero-order chi connectivity index (χ0) is 10.2. The highest BCUT2D eigenvalue weighted by atomic mass is 16.5. The summed E-state index contributed by atoms with van der Waals surface area (Å²) in [5.41, 5.74) is 5.71. The summed E-state index contributed by atoms with van der Waals surface area (Å²) in [5, 5.41) is 0. The number of nitrogens with zero attached hydrogens (tertiary/aromatic N) is 2. The molecule has 0 aromatic carbocycles. The van der Waals surface area contributed by atoms with E-state index in [9.17, 15) is 0 Å². The van der Waals surface area contributed by atoms with Gasteiger partial charge in [-0.1, -0.05) is 6.92 Å². The van der Waals surface area contributed by atoms with Crippen LogP contribution in [0.3, 0.4) is 0 Å². The molecular formula is C10H21N3O. The van der Waals surface area contributed by atoms with Gasteiger partial charge < -0.3 is 10.5 Å². The molecule has 1 heterocycles. The molecule has 0 amide bonds. The molecule has 0 radical (unpaired) electrons. The molecule has 1 rings (SSSR count). The van der Waals surface area contributed by atoms with Crippen LogP contribution < -0.4 is 5.73 Å². The Morgan fingerprint density at radius 2 is 2.14 bits per heavy atom. The smallest absolute Gasteiger partial charge is 0.0937 e. The van der Waals surface area contributed by atoms with E-state index in [2.05, 4.69) is 16.8 Å². The number of hydrogen-bond donors (Lipinski definition) is 1. The summed E-state index contributed by atoms with van der Waals surface area (Å²) in [4.78, 5) is 6.69. The van der Waals surface area contributed by atoms with Crippen molar-refractivity contribution in [2.75, 3.05) is 39.4 Å². The van der Waals surface area contributed by atoms with Gasteiger partial charge in [-0.05, 0) is 6.42 Å². The van der Waals surface area contributed by atoms with Gasteiger partial charge in [0.15, 0.2) is 0 Å². The molecule has 0 aromatic rings. The van der Waals surface area contributed by atoms with Crippen molar-refractivity contribution in [1.29, 1.82) is 0 Å². The van der Waals surface area contributed by atoms with Gasteiger partial charge in [0.2, 0.25) is 0 Å². The van der Waals surface area contributed by atoms with Crippen molar-refractivity contribution in [1.82, 2.24) is 4.90 Å². The van der Waals surface area contributed by atoms with E-state index in [0.29, 0.717) is 0 Å². The average molecular weight is 199 g/mol. The molecule has 0 saturated carbocycles. The summed E-state index contributed by atoms with van der Waals surface area (Å²) < 4.78 is 5.26. The highest BCUT2D eigenvalue weighted by Gasteiger charge is 2.08. The summed E-state index contributed by atoms with van der Waals surface area (Å²) in [6.07, 6.45) is 2.00. The first-order valence-electron chi connectivity index (χ1n) is 5.42. The first-order chi connectivity index (χ1) is 6.83. The second-order valence-corrected chi connectivity index (χ2v) is 3.58. The maximum Gasteiger partial charge on any atom is 0.0937 e. The third kappa shape index (κ3) is 4.58. The van der Waals surface area contributed by atoms with E-state index in [1.165, 1.54) is 0 Å². The number of nitrogens with two attached hydrogens (primary N) is 1. The average Bonchev–Trinajstić information content (AvgIpc) is 2.20. The molecule has 14 heavy (non-hydrogen) atoms. The van der Waals surface area contributed by atoms with E-state index in [1.54, 1.807) is 0 Å². The van der Waals surface area contributed by atoms with Crippen molar-refractivity contribution in [3.05, 3.63) is 0 Å². The summed E-state index contributed by atoms with van der Waals surface area (Å²) in [6.45, 7) is 7.72. The molecule has 0 atom stereocenters. The Morgan fingerprint density at radius 1 is 1.43 bits per heavy atom. The van der Waals surface area contributed by atoms with Gasteiger partial charge >= 0.3 is 0 Å². The van der Waals surface area contributed by atoms with E-state index < -0.39 is 0 Å². The number of ether oxygens (including phenoxy) is 1. The van der Waals surface area contributed by atoms with Gasteiger partial charge in [0, 0.05) is 26.1 Å². The molecule has 1 aliphatic heterocycles. The van der Waals surface area contributed by atoms with Gasteiger partial charge in [-0.25, -0.2) is 0 Å². The molecule has 1 saturated heterocycles. The molecule has 2 N–H and O–H groups in total. The first kappa shape index (κ1) is 11.5. The van der Waals surface area contributed by atoms with E-state index >= 15 is 0 Å². The molecule has 1 aliphatic rings. The minimum Gasteiger partial charge on any atom is -0.387 e. The van der Waals surface area contributed by atoms with Crippen molar-refractivity contribution in [3.63, 3.8) is 0 Å². The Balaban J connectivity index is 2.09. The van der Waals surface area contributed by atoms with Crippen LogP contribution in [0.25, 0.3) is 0 Å². The van der Waals surface area contributed by atoms with Crippen LogP contribution in [0.1, 0.15) is 19.8 Å². The van der Waals surface area contributed by atoms with Crippen molar-refractivity contribution >= 4 is 5.84 Å². The first-order valence-corrected chi connectivity index (χ1v) is 5.42. The van der Waals surface area contributed by atoms with Crippen LogP contribution in [-0.4, -0.2) is 50.1 Å². The standard InChI is InChI=1S/C10H21N3O/c1-2-3-10(11)12-4-5-13-6-8-14-9-7-13/h2-9H2,1H3,(H2,11,12). The molecule has 4 heteroatoms. The fourth-order valence-corrected chi connectivity index (χ4v) is 1.49. The van der Waals surface area contributed by atoms with Crippen LogP contribution in [0.5, 0.6) is 0 Å². The highest BCUT2D eigenvalue weighted by Crippen LogP contribution is 1.96. The predicted octanol–water partition coefficient (Wildman–Crippen LogP) is 0.476. The largest absolute Gasteiger partial charge is 0.387 e. The third-order valence-electron chi connectivity index (χ3n) is 2.34. The van der Waals surface area contributed by atoms with E-state index in [0.717, 1.165) is 58.1 Å². The van der Waals surface area contributed by atoms with Crippen molar-refractivity contribution < 1.29 is 4.74 Å². The van der Waals surface area contributed by atoms with E-state index in [1.807, 2.05) is 0 Å². The summed E-state index contributed by atoms with van der Waals surface area (Å²) in [7, 11) is 0. The molecule has 1 fully saturated rings. The molecule has 0 spiro atoms. The van der Waals surface area contributed by atoms with Crippen molar-refractivity contribution in [2.24, 2.45) is 10.7 Å². The highest BCUT2D eigenvalue weighted by molar-refractivity contribution is 5.80. The Morgan fingerprint density at radius 3 is 2.79 bits per heavy atom. The van der Waals surface area contributed by atoms with Crippen LogP contribution >= 0.6 is 0 Å². The Labute approximate surface area is 86.1 Å². The van der Waals surface area contributed by atoms with E-state index in [-0.39, 0.29) is 0 Å². The van der Waals surface area contributed by atoms with Gasteiger partial charge in [-0.3, -0.25) is 9.89 Å². The third-order valence-corrected chi connectivity index (χ3v) is 2.34. The van der Waals surface area contributed by atoms with Crippen LogP contribution in [-0.2, 0) is 4.74 Å². The SMILES string of the molecule is CCCC(N)=NCCN1CCOCC1. The molecule has 4 nitrogen and oxygen atoms in total. The van der Waals surface area contributed by atoms with Gasteiger partial charge in [0.25, 0.3) is 0 Å². The van der Waals surface area contributed by atoms with Crippen LogP contribution in [0.4, 0.5) is 0 Å². The molecule has 82 valence electrons. The van der Waals surface area contributed by atoms with Gasteiger partial charge in [0.05, 0.1) is 25.6 Å². The number of rotatable bonds is 5. The quantitative estimate of drug-likeness (QED) is 0.517. The Hall–Kier alpha value is -0.610. The molecule has 0 aliphatic carbocycles. The van der Waals surface area contributed by atoms with E-state index in [4.69, 9.17) is 10.5 Å². The second-order valence-electron chi connectivity index (χ2n) is 3.58. The lowest BCUT2D eigenvalue weighted by Gasteiger charge is -2.25. The number of hydrogen-bond acceptors (Lipinski definition) is 3. The van der Waals surface area contributed by atoms with Crippen LogP contribution in [0.2, 0.25) is 0 Å². The predicted molar refractivity (Wildman–Crippen MR) is 58.7 cm³/mol. The normalized spacial score (nSPS) is 19.9. The Kier molecular flexibility index (Phi) is 5.56. The zero-order valence-corrected chi connectivity index (χ0v) is 9.04. The van der Waals surface area contributed by atoms with Gasteiger partial charge in [0.1, 0.15) is 0 Å². The summed E-state index contributed by atoms with van der Waals surface area (Å²) in [6, 6.07) is 0. The minimum absolute atomic E-state index is 0.792. The van der Waals surface area contributed by atoms with Crippen molar-refractivity contribution in [2.45, 2.75) is 19.8 Å². The molecular weight excluding hydrogens is 178 g/mol. The molecule has 0 aromatic heterocycles. The minimum atomic E-state index is 0.792. The Bertz CT molecular complexity index is 176. The molecule has 0 unspecified atom stereocenters. The van der Waals surface area contributed by atoms with Crippen LogP contribution in [0.15, 0.2) is 4.99 Å². The van der Waals surface area contributed by atoms with Crippen LogP contribution in [0, 0.1) is 0 Å². The lowest BCUT2D eigenvalue weighted by molar-refractivity contribution is 0.0394. The molecule has 0 bridgehead atoms. The number of aliphatic imine (C=N–C) groups is 1. The fourth-order valence-electron chi connectivity index (χ4n) is 1.49. The lowest BCUT2D eigenvalue weighted by Crippen LogP contribution is -2.37. The number of morpholine rings is 1. The second kappa shape index (κ2) is 6.79.